The third-order valence-electron chi connectivity index (χ3n) is 4.55. The number of carbonyl (C=O) groups is 1. The molecule has 0 spiro atoms. The Morgan fingerprint density at radius 1 is 1.43 bits per heavy atom. The Hall–Kier alpha value is -2.60. The second-order valence-corrected chi connectivity index (χ2v) is 6.40. The molecule has 1 saturated heterocycles. The first kappa shape index (κ1) is 15.3. The topological polar surface area (TPSA) is 92.8 Å². The van der Waals surface area contributed by atoms with E-state index < -0.39 is 5.54 Å². The van der Waals surface area contributed by atoms with Gasteiger partial charge in [-0.05, 0) is 44.7 Å². The molecule has 0 aromatic carbocycles. The molecule has 2 heterocycles. The molecular formula is C17H19N5O. The van der Waals surface area contributed by atoms with Crippen LogP contribution in [-0.2, 0) is 4.79 Å². The second kappa shape index (κ2) is 5.89. The molecule has 3 rings (SSSR count). The van der Waals surface area contributed by atoms with E-state index in [1.807, 2.05) is 17.9 Å². The summed E-state index contributed by atoms with van der Waals surface area (Å²) in [6, 6.07) is 7.96. The predicted octanol–water partition coefficient (Wildman–Crippen LogP) is 1.65. The van der Waals surface area contributed by atoms with Crippen molar-refractivity contribution in [1.29, 1.82) is 10.5 Å². The smallest absolute Gasteiger partial charge is 0.226 e. The summed E-state index contributed by atoms with van der Waals surface area (Å²) >= 11 is 0. The Morgan fingerprint density at radius 2 is 2.22 bits per heavy atom. The largest absolute Gasteiger partial charge is 0.355 e. The Kier molecular flexibility index (Phi) is 3.92. The van der Waals surface area contributed by atoms with Gasteiger partial charge in [0.2, 0.25) is 5.91 Å². The van der Waals surface area contributed by atoms with Crippen LogP contribution in [0, 0.1) is 35.5 Å². The van der Waals surface area contributed by atoms with Gasteiger partial charge in [0.15, 0.2) is 0 Å². The van der Waals surface area contributed by atoms with E-state index in [-0.39, 0.29) is 11.8 Å². The van der Waals surface area contributed by atoms with Crippen LogP contribution in [0.3, 0.4) is 0 Å². The Bertz CT molecular complexity index is 711. The van der Waals surface area contributed by atoms with Crippen LogP contribution in [0.1, 0.15) is 36.9 Å². The monoisotopic (exact) mass is 309 g/mol. The summed E-state index contributed by atoms with van der Waals surface area (Å²) in [5, 5.41) is 21.3. The molecule has 2 aliphatic rings. The maximum Gasteiger partial charge on any atom is 0.226 e. The van der Waals surface area contributed by atoms with Crippen LogP contribution in [0.2, 0.25) is 0 Å². The van der Waals surface area contributed by atoms with E-state index in [1.54, 1.807) is 6.07 Å². The van der Waals surface area contributed by atoms with Crippen LogP contribution in [-0.4, -0.2) is 29.5 Å². The number of piperidine rings is 1. The molecule has 0 bridgehead atoms. The zero-order valence-electron chi connectivity index (χ0n) is 13.2. The number of hydrogen-bond donors (Lipinski definition) is 1. The highest BCUT2D eigenvalue weighted by molar-refractivity contribution is 5.81. The first-order valence-corrected chi connectivity index (χ1v) is 7.93. The van der Waals surface area contributed by atoms with Crippen molar-refractivity contribution < 1.29 is 4.79 Å². The standard InChI is InChI=1S/C17H19N5O/c1-12-4-5-13(9-18)15(20-12)22-8-2-3-14(10-22)16(23)21-17(11-19)6-7-17/h4-5,14H,2-3,6-8,10H2,1H3,(H,21,23). The van der Waals surface area contributed by atoms with Gasteiger partial charge in [-0.1, -0.05) is 0 Å². The summed E-state index contributed by atoms with van der Waals surface area (Å²) in [4.78, 5) is 18.9. The van der Waals surface area contributed by atoms with Gasteiger partial charge < -0.3 is 10.2 Å². The molecule has 1 aromatic rings. The minimum atomic E-state index is -0.626. The summed E-state index contributed by atoms with van der Waals surface area (Å²) in [7, 11) is 0. The molecular weight excluding hydrogens is 290 g/mol. The maximum absolute atomic E-state index is 12.4. The Labute approximate surface area is 135 Å². The molecule has 23 heavy (non-hydrogen) atoms. The van der Waals surface area contributed by atoms with Gasteiger partial charge in [-0.15, -0.1) is 0 Å². The van der Waals surface area contributed by atoms with Crippen molar-refractivity contribution in [3.8, 4) is 12.1 Å². The Morgan fingerprint density at radius 3 is 2.87 bits per heavy atom. The van der Waals surface area contributed by atoms with Gasteiger partial charge in [0.25, 0.3) is 0 Å². The lowest BCUT2D eigenvalue weighted by molar-refractivity contribution is -0.125. The normalized spacial score (nSPS) is 21.9. The number of rotatable bonds is 3. The van der Waals surface area contributed by atoms with E-state index in [0.29, 0.717) is 17.9 Å². The number of pyridine rings is 1. The zero-order chi connectivity index (χ0) is 16.4. The number of hydrogen-bond acceptors (Lipinski definition) is 5. The third kappa shape index (κ3) is 3.12. The van der Waals surface area contributed by atoms with Crippen LogP contribution >= 0.6 is 0 Å². The summed E-state index contributed by atoms with van der Waals surface area (Å²) < 4.78 is 0. The number of amides is 1. The van der Waals surface area contributed by atoms with Crippen molar-refractivity contribution in [3.63, 3.8) is 0 Å². The molecule has 1 aliphatic heterocycles. The third-order valence-corrected chi connectivity index (χ3v) is 4.55. The minimum Gasteiger partial charge on any atom is -0.355 e. The highest BCUT2D eigenvalue weighted by Gasteiger charge is 2.45. The first-order chi connectivity index (χ1) is 11.1. The average Bonchev–Trinajstić information content (AvgIpc) is 3.35. The number of nitriles is 2. The van der Waals surface area contributed by atoms with E-state index in [2.05, 4.69) is 22.4 Å². The number of anilines is 1. The second-order valence-electron chi connectivity index (χ2n) is 6.40. The molecule has 6 nitrogen and oxygen atoms in total. The highest BCUT2D eigenvalue weighted by atomic mass is 16.2. The number of nitrogens with one attached hydrogen (secondary N) is 1. The van der Waals surface area contributed by atoms with E-state index in [1.165, 1.54) is 0 Å². The van der Waals surface area contributed by atoms with Crippen LogP contribution in [0.15, 0.2) is 12.1 Å². The first-order valence-electron chi connectivity index (χ1n) is 7.93. The van der Waals surface area contributed by atoms with Gasteiger partial charge in [0.05, 0.1) is 17.6 Å². The van der Waals surface area contributed by atoms with Crippen molar-refractivity contribution in [2.24, 2.45) is 5.92 Å². The van der Waals surface area contributed by atoms with Crippen molar-refractivity contribution in [2.75, 3.05) is 18.0 Å². The van der Waals surface area contributed by atoms with Crippen LogP contribution in [0.4, 0.5) is 5.82 Å². The SMILES string of the molecule is Cc1ccc(C#N)c(N2CCCC(C(=O)NC3(C#N)CC3)C2)n1. The molecule has 1 unspecified atom stereocenters. The van der Waals surface area contributed by atoms with Gasteiger partial charge in [-0.2, -0.15) is 10.5 Å². The average molecular weight is 309 g/mol. The molecule has 1 saturated carbocycles. The molecule has 118 valence electrons. The molecule has 0 radical (unpaired) electrons. The molecule has 1 amide bonds. The van der Waals surface area contributed by atoms with Crippen molar-refractivity contribution in [2.45, 2.75) is 38.1 Å². The molecule has 6 heteroatoms. The fourth-order valence-corrected chi connectivity index (χ4v) is 2.98. The predicted molar refractivity (Wildman–Crippen MR) is 84.3 cm³/mol. The van der Waals surface area contributed by atoms with E-state index in [0.717, 1.165) is 37.9 Å². The minimum absolute atomic E-state index is 0.0556. The van der Waals surface area contributed by atoms with Gasteiger partial charge in [0.1, 0.15) is 17.4 Å². The molecule has 2 fully saturated rings. The summed E-state index contributed by atoms with van der Waals surface area (Å²) in [6.07, 6.45) is 3.16. The fourth-order valence-electron chi connectivity index (χ4n) is 2.98. The number of aromatic nitrogens is 1. The lowest BCUT2D eigenvalue weighted by Gasteiger charge is -2.33. The number of carbonyl (C=O) groups excluding carboxylic acids is 1. The Balaban J connectivity index is 1.74. The van der Waals surface area contributed by atoms with E-state index in [9.17, 15) is 10.1 Å². The van der Waals surface area contributed by atoms with Gasteiger partial charge in [-0.25, -0.2) is 4.98 Å². The maximum atomic E-state index is 12.4. The number of nitrogens with zero attached hydrogens (tertiary/aromatic N) is 4. The van der Waals surface area contributed by atoms with Gasteiger partial charge >= 0.3 is 0 Å². The van der Waals surface area contributed by atoms with E-state index >= 15 is 0 Å². The van der Waals surface area contributed by atoms with Crippen LogP contribution in [0.5, 0.6) is 0 Å². The van der Waals surface area contributed by atoms with Crippen molar-refractivity contribution >= 4 is 11.7 Å². The summed E-state index contributed by atoms with van der Waals surface area (Å²) in [6.45, 7) is 3.22. The lowest BCUT2D eigenvalue weighted by atomic mass is 9.96. The van der Waals surface area contributed by atoms with Gasteiger partial charge in [0, 0.05) is 18.8 Å². The lowest BCUT2D eigenvalue weighted by Crippen LogP contribution is -2.47. The van der Waals surface area contributed by atoms with Crippen molar-refractivity contribution in [3.05, 3.63) is 23.4 Å². The van der Waals surface area contributed by atoms with E-state index in [4.69, 9.17) is 5.26 Å². The fraction of sp³-hybridized carbons (Fsp3) is 0.529. The summed E-state index contributed by atoms with van der Waals surface area (Å²) in [5.41, 5.74) is 0.762. The molecule has 1 atom stereocenters. The zero-order valence-corrected chi connectivity index (χ0v) is 13.2. The highest BCUT2D eigenvalue weighted by Crippen LogP contribution is 2.35. The molecule has 1 N–H and O–H groups in total. The van der Waals surface area contributed by atoms with Gasteiger partial charge in [-0.3, -0.25) is 4.79 Å². The molecule has 1 aliphatic carbocycles. The summed E-state index contributed by atoms with van der Waals surface area (Å²) in [5.74, 6) is 0.440. The van der Waals surface area contributed by atoms with Crippen molar-refractivity contribution in [1.82, 2.24) is 10.3 Å². The van der Waals surface area contributed by atoms with Crippen LogP contribution < -0.4 is 10.2 Å². The quantitative estimate of drug-likeness (QED) is 0.916. The molecule has 1 aromatic heterocycles. The number of aryl methyl sites for hydroxylation is 1. The van der Waals surface area contributed by atoms with Crippen LogP contribution in [0.25, 0.3) is 0 Å².